The number of nitrogens with zero attached hydrogens (tertiary/aromatic N) is 2. The molecule has 4 heteroatoms. The first-order chi connectivity index (χ1) is 7.50. The van der Waals surface area contributed by atoms with Gasteiger partial charge in [-0.15, -0.1) is 0 Å². The molecule has 0 aromatic rings. The topological polar surface area (TPSA) is 49.6 Å². The van der Waals surface area contributed by atoms with Crippen LogP contribution >= 0.6 is 0 Å². The highest BCUT2D eigenvalue weighted by Gasteiger charge is 2.22. The van der Waals surface area contributed by atoms with E-state index in [0.717, 1.165) is 26.2 Å². The van der Waals surface area contributed by atoms with Crippen LogP contribution in [0.2, 0.25) is 0 Å². The molecule has 0 aromatic heterocycles. The Hall–Kier alpha value is -0.870. The minimum absolute atomic E-state index is 0.321. The molecule has 1 aliphatic heterocycles. The Morgan fingerprint density at radius 1 is 1.25 bits per heavy atom. The summed E-state index contributed by atoms with van der Waals surface area (Å²) in [7, 11) is 2.14. The summed E-state index contributed by atoms with van der Waals surface area (Å²) < 4.78 is 0. The summed E-state index contributed by atoms with van der Waals surface area (Å²) >= 11 is 0. The number of carbonyl (C=O) groups is 1. The predicted octanol–water partition coefficient (Wildman–Crippen LogP) is 0.300. The van der Waals surface area contributed by atoms with Gasteiger partial charge >= 0.3 is 0 Å². The van der Waals surface area contributed by atoms with Crippen LogP contribution in [0.1, 0.15) is 13.8 Å². The number of likely N-dealkylation sites (N-methyl/N-ethyl adjacent to an activating group) is 1. The van der Waals surface area contributed by atoms with Gasteiger partial charge in [-0.2, -0.15) is 0 Å². The molecule has 1 atom stereocenters. The fraction of sp³-hybridized carbons (Fsp3) is 0.750. The number of carbonyl (C=O) groups excluding carboxylic acids is 1. The van der Waals surface area contributed by atoms with Crippen LogP contribution in [-0.2, 0) is 4.79 Å². The van der Waals surface area contributed by atoms with E-state index in [-0.39, 0.29) is 5.91 Å². The van der Waals surface area contributed by atoms with E-state index in [1.165, 1.54) is 6.08 Å². The number of piperazine rings is 1. The van der Waals surface area contributed by atoms with Gasteiger partial charge in [0, 0.05) is 38.3 Å². The molecular weight excluding hydrogens is 202 g/mol. The Labute approximate surface area is 98.1 Å². The quantitative estimate of drug-likeness (QED) is 0.700. The number of rotatable bonds is 4. The van der Waals surface area contributed by atoms with E-state index >= 15 is 0 Å². The Morgan fingerprint density at radius 3 is 2.25 bits per heavy atom. The van der Waals surface area contributed by atoms with E-state index in [4.69, 9.17) is 5.73 Å². The third-order valence-electron chi connectivity index (χ3n) is 3.10. The van der Waals surface area contributed by atoms with Gasteiger partial charge in [0.15, 0.2) is 0 Å². The summed E-state index contributed by atoms with van der Waals surface area (Å²) in [6.07, 6.45) is 3.43. The number of hydrogen-bond acceptors (Lipinski definition) is 3. The average molecular weight is 225 g/mol. The molecule has 1 heterocycles. The van der Waals surface area contributed by atoms with Gasteiger partial charge in [0.2, 0.25) is 5.91 Å². The summed E-state index contributed by atoms with van der Waals surface area (Å²) in [5, 5.41) is 0. The zero-order valence-corrected chi connectivity index (χ0v) is 10.5. The van der Waals surface area contributed by atoms with Crippen molar-refractivity contribution in [3.63, 3.8) is 0 Å². The number of primary amides is 1. The summed E-state index contributed by atoms with van der Waals surface area (Å²) in [4.78, 5) is 15.5. The molecule has 0 aliphatic carbocycles. The zero-order valence-electron chi connectivity index (χ0n) is 10.5. The molecule has 1 rings (SSSR count). The number of amides is 1. The van der Waals surface area contributed by atoms with Crippen molar-refractivity contribution in [3.05, 3.63) is 12.2 Å². The van der Waals surface area contributed by atoms with E-state index in [2.05, 4.69) is 30.7 Å². The second kappa shape index (κ2) is 6.01. The molecule has 16 heavy (non-hydrogen) atoms. The van der Waals surface area contributed by atoms with E-state index in [1.807, 2.05) is 6.08 Å². The van der Waals surface area contributed by atoms with Gasteiger partial charge in [-0.1, -0.05) is 19.9 Å². The monoisotopic (exact) mass is 225 g/mol. The van der Waals surface area contributed by atoms with Crippen LogP contribution in [0.3, 0.4) is 0 Å². The number of hydrogen-bond donors (Lipinski definition) is 1. The molecule has 2 N–H and O–H groups in total. The molecule has 1 unspecified atom stereocenters. The molecule has 4 nitrogen and oxygen atoms in total. The van der Waals surface area contributed by atoms with Gasteiger partial charge in [-0.3, -0.25) is 9.69 Å². The molecule has 0 saturated carbocycles. The van der Waals surface area contributed by atoms with Gasteiger partial charge in [0.1, 0.15) is 0 Å². The van der Waals surface area contributed by atoms with Crippen LogP contribution in [0.4, 0.5) is 0 Å². The number of nitrogens with two attached hydrogens (primary N) is 1. The van der Waals surface area contributed by atoms with Gasteiger partial charge in [-0.05, 0) is 13.0 Å². The van der Waals surface area contributed by atoms with Crippen molar-refractivity contribution in [2.45, 2.75) is 19.9 Å². The van der Waals surface area contributed by atoms with Crippen molar-refractivity contribution in [1.82, 2.24) is 9.80 Å². The highest BCUT2D eigenvalue weighted by Crippen LogP contribution is 2.14. The maximum absolute atomic E-state index is 10.8. The van der Waals surface area contributed by atoms with Crippen molar-refractivity contribution >= 4 is 5.91 Å². The summed E-state index contributed by atoms with van der Waals surface area (Å²) in [5.41, 5.74) is 5.14. The summed E-state index contributed by atoms with van der Waals surface area (Å²) in [6, 6.07) is 0.321. The van der Waals surface area contributed by atoms with Crippen LogP contribution in [0.25, 0.3) is 0 Å². The Kier molecular flexibility index (Phi) is 4.96. The molecule has 1 saturated heterocycles. The largest absolute Gasteiger partial charge is 0.366 e. The lowest BCUT2D eigenvalue weighted by Crippen LogP contribution is -2.50. The lowest BCUT2D eigenvalue weighted by Gasteiger charge is -2.38. The standard InChI is InChI=1S/C12H23N3O/c1-10(2)11(4-5-12(13)16)15-8-6-14(3)7-9-15/h4-5,10-11H,6-9H2,1-3H3,(H2,13,16). The second-order valence-electron chi connectivity index (χ2n) is 4.84. The third kappa shape index (κ3) is 3.94. The maximum Gasteiger partial charge on any atom is 0.241 e. The molecule has 0 radical (unpaired) electrons. The smallest absolute Gasteiger partial charge is 0.241 e. The average Bonchev–Trinajstić information content (AvgIpc) is 2.20. The van der Waals surface area contributed by atoms with Crippen LogP contribution in [0.15, 0.2) is 12.2 Å². The fourth-order valence-corrected chi connectivity index (χ4v) is 2.08. The van der Waals surface area contributed by atoms with Gasteiger partial charge in [0.05, 0.1) is 0 Å². The van der Waals surface area contributed by atoms with Crippen LogP contribution < -0.4 is 5.73 Å². The van der Waals surface area contributed by atoms with Crippen molar-refractivity contribution in [2.24, 2.45) is 11.7 Å². The minimum Gasteiger partial charge on any atom is -0.366 e. The molecule has 1 amide bonds. The molecule has 1 aliphatic rings. The van der Waals surface area contributed by atoms with E-state index in [9.17, 15) is 4.79 Å². The summed E-state index contributed by atoms with van der Waals surface area (Å²) in [5.74, 6) is 0.138. The van der Waals surface area contributed by atoms with Gasteiger partial charge < -0.3 is 10.6 Å². The van der Waals surface area contributed by atoms with Gasteiger partial charge in [0.25, 0.3) is 0 Å². The molecular formula is C12H23N3O. The highest BCUT2D eigenvalue weighted by atomic mass is 16.1. The van der Waals surface area contributed by atoms with Crippen molar-refractivity contribution in [2.75, 3.05) is 33.2 Å². The van der Waals surface area contributed by atoms with E-state index < -0.39 is 0 Å². The molecule has 1 fully saturated rings. The normalized spacial score (nSPS) is 21.8. The molecule has 0 aromatic carbocycles. The molecule has 92 valence electrons. The zero-order chi connectivity index (χ0) is 12.1. The lowest BCUT2D eigenvalue weighted by molar-refractivity contribution is -0.113. The van der Waals surface area contributed by atoms with Crippen molar-refractivity contribution < 1.29 is 4.79 Å². The van der Waals surface area contributed by atoms with Crippen molar-refractivity contribution in [1.29, 1.82) is 0 Å². The summed E-state index contributed by atoms with van der Waals surface area (Å²) in [6.45, 7) is 8.65. The Balaban J connectivity index is 2.59. The van der Waals surface area contributed by atoms with Crippen LogP contribution in [0, 0.1) is 5.92 Å². The third-order valence-corrected chi connectivity index (χ3v) is 3.10. The molecule has 0 spiro atoms. The maximum atomic E-state index is 10.8. The lowest BCUT2D eigenvalue weighted by atomic mass is 10.0. The minimum atomic E-state index is -0.361. The van der Waals surface area contributed by atoms with E-state index in [1.54, 1.807) is 0 Å². The predicted molar refractivity (Wildman–Crippen MR) is 66.0 cm³/mol. The first-order valence-electron chi connectivity index (χ1n) is 5.91. The first kappa shape index (κ1) is 13.2. The first-order valence-corrected chi connectivity index (χ1v) is 5.91. The highest BCUT2D eigenvalue weighted by molar-refractivity contribution is 5.85. The Morgan fingerprint density at radius 2 is 1.81 bits per heavy atom. The van der Waals surface area contributed by atoms with Gasteiger partial charge in [-0.25, -0.2) is 0 Å². The van der Waals surface area contributed by atoms with Crippen LogP contribution in [-0.4, -0.2) is 55.0 Å². The second-order valence-corrected chi connectivity index (χ2v) is 4.84. The fourth-order valence-electron chi connectivity index (χ4n) is 2.08. The van der Waals surface area contributed by atoms with Crippen LogP contribution in [0.5, 0.6) is 0 Å². The Bertz CT molecular complexity index is 255. The SMILES string of the molecule is CC(C)C(C=CC(N)=O)N1CCN(C)CC1. The van der Waals surface area contributed by atoms with E-state index in [0.29, 0.717) is 12.0 Å². The molecule has 0 bridgehead atoms. The van der Waals surface area contributed by atoms with Crippen molar-refractivity contribution in [3.8, 4) is 0 Å².